The zero-order valence-corrected chi connectivity index (χ0v) is 29.5. The van der Waals surface area contributed by atoms with Gasteiger partial charge in [-0.1, -0.05) is 29.8 Å². The number of aliphatic hydroxyl groups is 6. The minimum Gasteiger partial charge on any atom is -0.490 e. The number of hydrogen-bond donors (Lipinski definition) is 6. The lowest BCUT2D eigenvalue weighted by Crippen LogP contribution is -2.53. The second-order valence-electron chi connectivity index (χ2n) is 12.9. The number of carbonyl (C=O) groups excluding carboxylic acids is 1. The first-order valence-electron chi connectivity index (χ1n) is 17.2. The van der Waals surface area contributed by atoms with E-state index in [1.165, 1.54) is 4.90 Å². The van der Waals surface area contributed by atoms with Crippen LogP contribution in [0.4, 0.5) is 0 Å². The first-order chi connectivity index (χ1) is 24.2. The molecule has 0 spiro atoms. The topological polar surface area (TPSA) is 173 Å². The van der Waals surface area contributed by atoms with Crippen LogP contribution in [-0.4, -0.2) is 109 Å². The van der Waals surface area contributed by atoms with Gasteiger partial charge < -0.3 is 45.0 Å². The highest BCUT2D eigenvalue weighted by molar-refractivity contribution is 7.99. The molecular formula is C37H47ClN2O9S. The average molecular weight is 731 g/mol. The van der Waals surface area contributed by atoms with Gasteiger partial charge in [0.2, 0.25) is 0 Å². The average Bonchev–Trinajstić information content (AvgIpc) is 4.09. The number of hydrogen-bond acceptors (Lipinski definition) is 11. The Bertz CT molecular complexity index is 1560. The summed E-state index contributed by atoms with van der Waals surface area (Å²) >= 11 is 8.21. The molecule has 2 aromatic carbocycles. The third-order valence-corrected chi connectivity index (χ3v) is 10.5. The van der Waals surface area contributed by atoms with Gasteiger partial charge in [0.25, 0.3) is 5.91 Å². The first-order valence-corrected chi connectivity index (χ1v) is 18.5. The van der Waals surface area contributed by atoms with Crippen molar-refractivity contribution >= 4 is 29.3 Å². The van der Waals surface area contributed by atoms with Gasteiger partial charge in [-0.05, 0) is 92.2 Å². The molecule has 0 radical (unpaired) electrons. The monoisotopic (exact) mass is 730 g/mol. The molecule has 13 heteroatoms. The van der Waals surface area contributed by atoms with E-state index in [0.29, 0.717) is 36.6 Å². The first kappa shape index (κ1) is 38.5. The largest absolute Gasteiger partial charge is 0.490 e. The quantitative estimate of drug-likeness (QED) is 0.0698. The molecule has 1 amide bonds. The number of aliphatic hydroxyl groups excluding tert-OH is 6. The van der Waals surface area contributed by atoms with E-state index in [4.69, 9.17) is 26.2 Å². The molecule has 0 saturated heterocycles. The number of para-hydroxylation sites is 1. The van der Waals surface area contributed by atoms with E-state index in [1.807, 2.05) is 48.7 Å². The van der Waals surface area contributed by atoms with E-state index < -0.39 is 42.5 Å². The Balaban J connectivity index is 1.19. The Morgan fingerprint density at radius 3 is 2.46 bits per heavy atom. The van der Waals surface area contributed by atoms with Gasteiger partial charge in [0.1, 0.15) is 24.1 Å². The predicted molar refractivity (Wildman–Crippen MR) is 190 cm³/mol. The number of aromatic nitrogens is 1. The van der Waals surface area contributed by atoms with Crippen LogP contribution < -0.4 is 4.74 Å². The number of ether oxygens (including phenoxy) is 2. The molecule has 5 rings (SSSR count). The Kier molecular flexibility index (Phi) is 13.9. The molecule has 4 unspecified atom stereocenters. The van der Waals surface area contributed by atoms with Gasteiger partial charge in [0.05, 0.1) is 24.9 Å². The van der Waals surface area contributed by atoms with Crippen LogP contribution >= 0.6 is 23.4 Å². The molecule has 0 bridgehead atoms. The summed E-state index contributed by atoms with van der Waals surface area (Å²) in [6.45, 7) is -0.0953. The lowest BCUT2D eigenvalue weighted by Gasteiger charge is -2.30. The lowest BCUT2D eigenvalue weighted by molar-refractivity contribution is -0.158. The van der Waals surface area contributed by atoms with E-state index in [1.54, 1.807) is 18.0 Å². The summed E-state index contributed by atoms with van der Waals surface area (Å²) in [5.74, 6) is 0.691. The molecule has 50 heavy (non-hydrogen) atoms. The molecule has 6 N–H and O–H groups in total. The summed E-state index contributed by atoms with van der Waals surface area (Å²) < 4.78 is 12.9. The second kappa shape index (κ2) is 18.1. The number of benzene rings is 2. The summed E-state index contributed by atoms with van der Waals surface area (Å²) in [4.78, 5) is 19.8. The van der Waals surface area contributed by atoms with Crippen molar-refractivity contribution in [3.63, 3.8) is 0 Å². The normalized spacial score (nSPS) is 17.5. The van der Waals surface area contributed by atoms with Gasteiger partial charge in [-0.2, -0.15) is 0 Å². The summed E-state index contributed by atoms with van der Waals surface area (Å²) in [5, 5.41) is 59.1. The fourth-order valence-corrected chi connectivity index (χ4v) is 6.84. The zero-order chi connectivity index (χ0) is 35.7. The van der Waals surface area contributed by atoms with Crippen molar-refractivity contribution < 1.29 is 44.9 Å². The van der Waals surface area contributed by atoms with Crippen molar-refractivity contribution in [1.82, 2.24) is 9.88 Å². The maximum atomic E-state index is 13.0. The van der Waals surface area contributed by atoms with Gasteiger partial charge >= 0.3 is 0 Å². The summed E-state index contributed by atoms with van der Waals surface area (Å²) in [6.07, 6.45) is 1.74. The zero-order valence-electron chi connectivity index (χ0n) is 27.9. The van der Waals surface area contributed by atoms with Crippen LogP contribution in [0.3, 0.4) is 0 Å². The smallest absolute Gasteiger partial charge is 0.254 e. The highest BCUT2D eigenvalue weighted by Gasteiger charge is 2.48. The van der Waals surface area contributed by atoms with Crippen LogP contribution in [0.5, 0.6) is 5.75 Å². The molecule has 1 heterocycles. The van der Waals surface area contributed by atoms with Crippen LogP contribution in [0.15, 0.2) is 65.8 Å². The molecule has 4 atom stereocenters. The standard InChI is InChI=1S/C37H47ClN2O9S/c38-30-11-10-26(50-19-5-17-40(16-3-4-18-41)36(47)35(46)34(45)33(44)31(43)22-42)20-24(30)23-48-37(13-14-37)29-21-39-15-12-27(29)28-6-1-2-7-32(28)49-25-8-9-25/h1-2,6-7,10-12,15,20-21,25,31,33-35,41-46H,3-5,8-9,13-14,16-19,22-23H2. The molecule has 2 saturated carbocycles. The molecule has 3 aromatic rings. The third kappa shape index (κ3) is 9.96. The van der Waals surface area contributed by atoms with Crippen LogP contribution in [-0.2, 0) is 21.7 Å². The van der Waals surface area contributed by atoms with Crippen LogP contribution in [0.1, 0.15) is 56.1 Å². The minimum atomic E-state index is -1.99. The van der Waals surface area contributed by atoms with E-state index >= 15 is 0 Å². The molecule has 272 valence electrons. The number of halogens is 1. The van der Waals surface area contributed by atoms with Crippen molar-refractivity contribution in [3.05, 3.63) is 77.1 Å². The van der Waals surface area contributed by atoms with Gasteiger partial charge in [0, 0.05) is 53.1 Å². The number of rotatable bonds is 21. The van der Waals surface area contributed by atoms with Gasteiger partial charge in [0.15, 0.2) is 6.10 Å². The van der Waals surface area contributed by atoms with Gasteiger partial charge in [-0.3, -0.25) is 9.78 Å². The molecule has 0 aliphatic heterocycles. The Morgan fingerprint density at radius 2 is 1.74 bits per heavy atom. The maximum absolute atomic E-state index is 13.0. The van der Waals surface area contributed by atoms with Crippen molar-refractivity contribution in [2.75, 3.05) is 32.1 Å². The van der Waals surface area contributed by atoms with Crippen molar-refractivity contribution in [2.45, 2.75) is 92.6 Å². The molecular weight excluding hydrogens is 684 g/mol. The summed E-state index contributed by atoms with van der Waals surface area (Å²) in [7, 11) is 0. The highest BCUT2D eigenvalue weighted by atomic mass is 35.5. The third-order valence-electron chi connectivity index (χ3n) is 9.03. The number of thioether (sulfide) groups is 1. The summed E-state index contributed by atoms with van der Waals surface area (Å²) in [6, 6.07) is 15.9. The van der Waals surface area contributed by atoms with E-state index in [9.17, 15) is 30.3 Å². The molecule has 2 aliphatic rings. The Labute approximate surface area is 301 Å². The van der Waals surface area contributed by atoms with Crippen molar-refractivity contribution in [3.8, 4) is 16.9 Å². The molecule has 1 aromatic heterocycles. The lowest BCUT2D eigenvalue weighted by atomic mass is 9.96. The number of pyridine rings is 1. The van der Waals surface area contributed by atoms with Gasteiger partial charge in [-0.25, -0.2) is 0 Å². The fraction of sp³-hybridized carbons (Fsp3) is 0.514. The van der Waals surface area contributed by atoms with Crippen molar-refractivity contribution in [1.29, 1.82) is 0 Å². The highest BCUT2D eigenvalue weighted by Crippen LogP contribution is 2.53. The van der Waals surface area contributed by atoms with E-state index in [0.717, 1.165) is 58.6 Å². The van der Waals surface area contributed by atoms with Crippen LogP contribution in [0, 0.1) is 0 Å². The van der Waals surface area contributed by atoms with Crippen LogP contribution in [0.25, 0.3) is 11.1 Å². The molecule has 11 nitrogen and oxygen atoms in total. The molecule has 2 aliphatic carbocycles. The van der Waals surface area contributed by atoms with E-state index in [-0.39, 0.29) is 25.8 Å². The predicted octanol–water partition coefficient (Wildman–Crippen LogP) is 3.67. The number of amides is 1. The minimum absolute atomic E-state index is 0.0547. The maximum Gasteiger partial charge on any atom is 0.254 e. The Hall–Kier alpha value is -2.78. The summed E-state index contributed by atoms with van der Waals surface area (Å²) in [5.41, 5.74) is 3.49. The van der Waals surface area contributed by atoms with Crippen molar-refractivity contribution in [2.24, 2.45) is 0 Å². The van der Waals surface area contributed by atoms with Gasteiger partial charge in [-0.15, -0.1) is 11.8 Å². The number of unbranched alkanes of at least 4 members (excludes halogenated alkanes) is 1. The number of nitrogens with zero attached hydrogens (tertiary/aromatic N) is 2. The SMILES string of the molecule is O=C(C(O)C(O)C(O)C(O)CO)N(CCCCO)CCCSc1ccc(Cl)c(COC2(c3cnccc3-c3ccccc3OC3CC3)CC2)c1. The number of carbonyl (C=O) groups is 1. The second-order valence-corrected chi connectivity index (χ2v) is 14.5. The molecule has 2 fully saturated rings. The fourth-order valence-electron chi connectivity index (χ4n) is 5.77. The Morgan fingerprint density at radius 1 is 0.980 bits per heavy atom. The van der Waals surface area contributed by atoms with E-state index in [2.05, 4.69) is 11.1 Å². The van der Waals surface area contributed by atoms with Crippen LogP contribution in [0.2, 0.25) is 5.02 Å².